The summed E-state index contributed by atoms with van der Waals surface area (Å²) in [5.74, 6) is -6.50. The second-order valence-corrected chi connectivity index (χ2v) is 3.76. The van der Waals surface area contributed by atoms with Gasteiger partial charge in [0.05, 0.1) is 0 Å². The lowest BCUT2D eigenvalue weighted by Crippen LogP contribution is -2.46. The fourth-order valence-corrected chi connectivity index (χ4v) is 1.30. The number of rotatable bonds is 5. The second-order valence-electron chi connectivity index (χ2n) is 3.76. The Bertz CT molecular complexity index is 397. The molecule has 0 spiro atoms. The number of halogens is 4. The fraction of sp³-hybridized carbons (Fsp3) is 0.455. The van der Waals surface area contributed by atoms with Gasteiger partial charge in [0.1, 0.15) is 0 Å². The first kappa shape index (κ1) is 14.4. The van der Waals surface area contributed by atoms with Crippen LogP contribution in [-0.4, -0.2) is 41.7 Å². The predicted molar refractivity (Wildman–Crippen MR) is 56.5 cm³/mol. The average molecular weight is 264 g/mol. The lowest BCUT2D eigenvalue weighted by Gasteiger charge is -2.22. The molecule has 0 unspecified atom stereocenters. The van der Waals surface area contributed by atoms with Crippen LogP contribution in [0.2, 0.25) is 0 Å². The highest BCUT2D eigenvalue weighted by atomic mass is 19.3. The van der Waals surface area contributed by atoms with E-state index in [1.807, 2.05) is 0 Å². The van der Waals surface area contributed by atoms with Gasteiger partial charge >= 0.3 is 12.3 Å². The number of carbonyl (C=O) groups excluding carboxylic acids is 1. The van der Waals surface area contributed by atoms with E-state index in [0.717, 1.165) is 12.6 Å². The Labute approximate surface area is 101 Å². The van der Waals surface area contributed by atoms with E-state index in [0.29, 0.717) is 11.3 Å². The van der Waals surface area contributed by atoms with Crippen molar-refractivity contribution in [3.05, 3.63) is 30.1 Å². The molecule has 0 aliphatic heterocycles. The van der Waals surface area contributed by atoms with Gasteiger partial charge in [-0.1, -0.05) is 0 Å². The molecule has 0 N–H and O–H groups in total. The lowest BCUT2D eigenvalue weighted by atomic mass is 10.2. The van der Waals surface area contributed by atoms with Crippen molar-refractivity contribution in [2.45, 2.75) is 18.8 Å². The molecule has 0 saturated carbocycles. The predicted octanol–water partition coefficient (Wildman–Crippen LogP) is 1.98. The van der Waals surface area contributed by atoms with Crippen molar-refractivity contribution in [3.8, 4) is 0 Å². The molecule has 0 atom stereocenters. The summed E-state index contributed by atoms with van der Waals surface area (Å²) < 4.78 is 49.5. The summed E-state index contributed by atoms with van der Waals surface area (Å²) in [6.07, 6.45) is -0.659. The van der Waals surface area contributed by atoms with Crippen LogP contribution in [-0.2, 0) is 11.2 Å². The molecule has 1 rings (SSSR count). The van der Waals surface area contributed by atoms with Gasteiger partial charge in [0.15, 0.2) is 0 Å². The molecule has 0 bridgehead atoms. The Morgan fingerprint density at radius 2 is 1.94 bits per heavy atom. The number of pyridine rings is 1. The molecule has 100 valence electrons. The molecule has 1 aromatic heterocycles. The number of likely N-dealkylation sites (N-methyl/N-ethyl adjacent to an activating group) is 1. The summed E-state index contributed by atoms with van der Waals surface area (Å²) in [7, 11) is 1.07. The Kier molecular flexibility index (Phi) is 4.63. The van der Waals surface area contributed by atoms with Gasteiger partial charge in [0.2, 0.25) is 0 Å². The van der Waals surface area contributed by atoms with Crippen molar-refractivity contribution in [2.75, 3.05) is 13.6 Å². The van der Waals surface area contributed by atoms with Gasteiger partial charge in [-0.3, -0.25) is 9.78 Å². The summed E-state index contributed by atoms with van der Waals surface area (Å²) in [5, 5.41) is 0. The number of carbonyl (C=O) groups is 1. The summed E-state index contributed by atoms with van der Waals surface area (Å²) in [5.41, 5.74) is 0.782. The molecule has 0 fully saturated rings. The van der Waals surface area contributed by atoms with E-state index in [1.165, 1.54) is 12.4 Å². The van der Waals surface area contributed by atoms with Crippen molar-refractivity contribution in [1.29, 1.82) is 0 Å². The zero-order valence-corrected chi connectivity index (χ0v) is 9.62. The quantitative estimate of drug-likeness (QED) is 0.762. The van der Waals surface area contributed by atoms with Gasteiger partial charge in [-0.2, -0.15) is 8.78 Å². The van der Waals surface area contributed by atoms with Crippen LogP contribution in [0.3, 0.4) is 0 Å². The number of amides is 1. The maximum Gasteiger partial charge on any atom is 0.383 e. The number of aromatic nitrogens is 1. The Hall–Kier alpha value is -1.66. The normalized spacial score (nSPS) is 11.7. The van der Waals surface area contributed by atoms with E-state index in [4.69, 9.17) is 0 Å². The summed E-state index contributed by atoms with van der Waals surface area (Å²) >= 11 is 0. The van der Waals surface area contributed by atoms with E-state index in [9.17, 15) is 22.4 Å². The van der Waals surface area contributed by atoms with Crippen molar-refractivity contribution >= 4 is 5.91 Å². The van der Waals surface area contributed by atoms with E-state index >= 15 is 0 Å². The van der Waals surface area contributed by atoms with Gasteiger partial charge in [0.25, 0.3) is 5.91 Å². The first-order chi connectivity index (χ1) is 8.35. The smallest absolute Gasteiger partial charge is 0.340 e. The molecule has 0 saturated heterocycles. The fourth-order valence-electron chi connectivity index (χ4n) is 1.30. The molecule has 1 amide bonds. The van der Waals surface area contributed by atoms with Gasteiger partial charge in [0, 0.05) is 26.0 Å². The summed E-state index contributed by atoms with van der Waals surface area (Å²) in [4.78, 5) is 15.5. The van der Waals surface area contributed by atoms with E-state index in [2.05, 4.69) is 4.98 Å². The Morgan fingerprint density at radius 3 is 2.44 bits per heavy atom. The van der Waals surface area contributed by atoms with Crippen molar-refractivity contribution in [1.82, 2.24) is 9.88 Å². The molecular weight excluding hydrogens is 252 g/mol. The molecule has 0 aliphatic rings. The average Bonchev–Trinajstić information content (AvgIpc) is 2.36. The molecule has 1 aromatic rings. The minimum atomic E-state index is -4.63. The Balaban J connectivity index is 2.56. The van der Waals surface area contributed by atoms with Crippen LogP contribution in [0, 0.1) is 0 Å². The van der Waals surface area contributed by atoms with Crippen LogP contribution < -0.4 is 0 Å². The maximum atomic E-state index is 12.8. The standard InChI is InChI=1S/C11H12F4N2O/c1-17(10(18)11(14,15)9(12)13)7-4-8-2-5-16-6-3-8/h2-3,5-6,9H,4,7H2,1H3. The minimum absolute atomic E-state index is 0.0643. The molecule has 1 heterocycles. The van der Waals surface area contributed by atoms with Gasteiger partial charge in [-0.25, -0.2) is 8.78 Å². The SMILES string of the molecule is CN(CCc1ccncc1)C(=O)C(F)(F)C(F)F. The largest absolute Gasteiger partial charge is 0.383 e. The third-order valence-corrected chi connectivity index (χ3v) is 2.39. The van der Waals surface area contributed by atoms with Crippen LogP contribution >= 0.6 is 0 Å². The van der Waals surface area contributed by atoms with Crippen LogP contribution in [0.5, 0.6) is 0 Å². The highest BCUT2D eigenvalue weighted by Crippen LogP contribution is 2.24. The Morgan fingerprint density at radius 1 is 1.39 bits per heavy atom. The lowest BCUT2D eigenvalue weighted by molar-refractivity contribution is -0.179. The van der Waals surface area contributed by atoms with Crippen LogP contribution in [0.15, 0.2) is 24.5 Å². The highest BCUT2D eigenvalue weighted by molar-refractivity contribution is 5.83. The van der Waals surface area contributed by atoms with E-state index in [-0.39, 0.29) is 6.54 Å². The number of nitrogens with zero attached hydrogens (tertiary/aromatic N) is 2. The topological polar surface area (TPSA) is 33.2 Å². The van der Waals surface area contributed by atoms with E-state index < -0.39 is 18.3 Å². The molecule has 18 heavy (non-hydrogen) atoms. The molecule has 0 aromatic carbocycles. The van der Waals surface area contributed by atoms with Crippen molar-refractivity contribution in [2.24, 2.45) is 0 Å². The molecule has 0 aliphatic carbocycles. The van der Waals surface area contributed by atoms with Gasteiger partial charge in [-0.15, -0.1) is 0 Å². The first-order valence-electron chi connectivity index (χ1n) is 5.16. The van der Waals surface area contributed by atoms with E-state index in [1.54, 1.807) is 12.1 Å². The zero-order valence-electron chi connectivity index (χ0n) is 9.62. The number of hydrogen-bond acceptors (Lipinski definition) is 2. The first-order valence-corrected chi connectivity index (χ1v) is 5.16. The zero-order chi connectivity index (χ0) is 13.8. The van der Waals surface area contributed by atoms with Crippen LogP contribution in [0.25, 0.3) is 0 Å². The van der Waals surface area contributed by atoms with Crippen LogP contribution in [0.1, 0.15) is 5.56 Å². The molecule has 7 heteroatoms. The van der Waals surface area contributed by atoms with Crippen molar-refractivity contribution < 1.29 is 22.4 Å². The number of hydrogen-bond donors (Lipinski definition) is 0. The molecular formula is C11H12F4N2O. The monoisotopic (exact) mass is 264 g/mol. The summed E-state index contributed by atoms with van der Waals surface area (Å²) in [6, 6.07) is 3.31. The van der Waals surface area contributed by atoms with Crippen molar-refractivity contribution in [3.63, 3.8) is 0 Å². The summed E-state index contributed by atoms with van der Waals surface area (Å²) in [6.45, 7) is -0.0643. The maximum absolute atomic E-state index is 12.8. The minimum Gasteiger partial charge on any atom is -0.340 e. The highest BCUT2D eigenvalue weighted by Gasteiger charge is 2.50. The molecule has 3 nitrogen and oxygen atoms in total. The third-order valence-electron chi connectivity index (χ3n) is 2.39. The van der Waals surface area contributed by atoms with Gasteiger partial charge < -0.3 is 4.90 Å². The van der Waals surface area contributed by atoms with Gasteiger partial charge in [-0.05, 0) is 24.1 Å². The third kappa shape index (κ3) is 3.41. The molecule has 0 radical (unpaired) electrons. The van der Waals surface area contributed by atoms with Crippen LogP contribution in [0.4, 0.5) is 17.6 Å². The second kappa shape index (κ2) is 5.79. The number of alkyl halides is 4.